The summed E-state index contributed by atoms with van der Waals surface area (Å²) in [5, 5.41) is -1.04. The Hall–Kier alpha value is -1.43. The fourth-order valence-corrected chi connectivity index (χ4v) is 3.33. The molecule has 0 aliphatic carbocycles. The number of hydrogen-bond donors (Lipinski definition) is 0. The molecular formula is C14H22N2O3S. The lowest BCUT2D eigenvalue weighted by atomic mass is 10.2. The first-order valence-electron chi connectivity index (χ1n) is 6.76. The fraction of sp³-hybridized carbons (Fsp3) is 0.571. The van der Waals surface area contributed by atoms with Crippen LogP contribution in [0.1, 0.15) is 34.1 Å². The summed E-state index contributed by atoms with van der Waals surface area (Å²) >= 11 is 0. The molecule has 1 atom stereocenters. The molecule has 112 valence electrons. The summed E-state index contributed by atoms with van der Waals surface area (Å²) in [4.78, 5) is 18.0. The van der Waals surface area contributed by atoms with Gasteiger partial charge in [0, 0.05) is 12.2 Å². The second-order valence-electron chi connectivity index (χ2n) is 5.02. The van der Waals surface area contributed by atoms with E-state index in [1.807, 2.05) is 13.8 Å². The van der Waals surface area contributed by atoms with Gasteiger partial charge in [-0.25, -0.2) is 8.42 Å². The lowest BCUT2D eigenvalue weighted by Crippen LogP contribution is -2.46. The van der Waals surface area contributed by atoms with Gasteiger partial charge in [0.1, 0.15) is 5.25 Å². The van der Waals surface area contributed by atoms with Crippen molar-refractivity contribution in [1.82, 2.24) is 4.98 Å². The molecule has 1 heterocycles. The third kappa shape index (κ3) is 3.79. The van der Waals surface area contributed by atoms with E-state index in [1.165, 1.54) is 11.8 Å². The SMILES string of the molecule is CCCS(=O)(=O)C(C)C(=O)N(c1cccnc1)C(C)C. The Bertz CT molecular complexity index is 541. The van der Waals surface area contributed by atoms with E-state index in [4.69, 9.17) is 0 Å². The Kier molecular flexibility index (Phi) is 5.68. The van der Waals surface area contributed by atoms with E-state index < -0.39 is 21.0 Å². The summed E-state index contributed by atoms with van der Waals surface area (Å²) in [7, 11) is -3.41. The van der Waals surface area contributed by atoms with Crippen LogP contribution >= 0.6 is 0 Å². The van der Waals surface area contributed by atoms with Crippen LogP contribution in [0.25, 0.3) is 0 Å². The van der Waals surface area contributed by atoms with Crippen molar-refractivity contribution in [3.63, 3.8) is 0 Å². The summed E-state index contributed by atoms with van der Waals surface area (Å²) in [5.41, 5.74) is 0.617. The molecule has 0 aromatic carbocycles. The van der Waals surface area contributed by atoms with E-state index in [2.05, 4.69) is 4.98 Å². The van der Waals surface area contributed by atoms with Gasteiger partial charge in [-0.15, -0.1) is 0 Å². The lowest BCUT2D eigenvalue weighted by molar-refractivity contribution is -0.118. The first kappa shape index (κ1) is 16.6. The molecule has 0 fully saturated rings. The third-order valence-electron chi connectivity index (χ3n) is 3.05. The maximum absolute atomic E-state index is 12.5. The quantitative estimate of drug-likeness (QED) is 0.806. The molecule has 0 saturated heterocycles. The van der Waals surface area contributed by atoms with Crippen molar-refractivity contribution < 1.29 is 13.2 Å². The van der Waals surface area contributed by atoms with Crippen LogP contribution in [-0.4, -0.2) is 36.4 Å². The Balaban J connectivity index is 3.08. The minimum absolute atomic E-state index is 0.0267. The van der Waals surface area contributed by atoms with Gasteiger partial charge in [-0.05, 0) is 39.3 Å². The number of aromatic nitrogens is 1. The summed E-state index contributed by atoms with van der Waals surface area (Å²) in [6.07, 6.45) is 3.69. The second kappa shape index (κ2) is 6.83. The molecule has 0 radical (unpaired) electrons. The predicted octanol–water partition coefficient (Wildman–Crippen LogP) is 2.04. The highest BCUT2D eigenvalue weighted by molar-refractivity contribution is 7.92. The largest absolute Gasteiger partial charge is 0.307 e. The van der Waals surface area contributed by atoms with Gasteiger partial charge < -0.3 is 4.90 Å². The van der Waals surface area contributed by atoms with Crippen molar-refractivity contribution in [2.45, 2.75) is 45.4 Å². The molecule has 6 heteroatoms. The molecule has 1 amide bonds. The summed E-state index contributed by atoms with van der Waals surface area (Å²) < 4.78 is 24.1. The van der Waals surface area contributed by atoms with Gasteiger partial charge in [-0.3, -0.25) is 9.78 Å². The maximum atomic E-state index is 12.5. The molecule has 0 bridgehead atoms. The smallest absolute Gasteiger partial charge is 0.245 e. The van der Waals surface area contributed by atoms with Gasteiger partial charge in [-0.1, -0.05) is 6.92 Å². The molecule has 0 saturated carbocycles. The highest BCUT2D eigenvalue weighted by atomic mass is 32.2. The monoisotopic (exact) mass is 298 g/mol. The van der Waals surface area contributed by atoms with Gasteiger partial charge >= 0.3 is 0 Å². The number of carbonyl (C=O) groups excluding carboxylic acids is 1. The van der Waals surface area contributed by atoms with E-state index in [0.29, 0.717) is 12.1 Å². The third-order valence-corrected chi connectivity index (χ3v) is 5.31. The van der Waals surface area contributed by atoms with Crippen LogP contribution in [0.15, 0.2) is 24.5 Å². The lowest BCUT2D eigenvalue weighted by Gasteiger charge is -2.29. The van der Waals surface area contributed by atoms with E-state index >= 15 is 0 Å². The number of pyridine rings is 1. The van der Waals surface area contributed by atoms with Crippen LogP contribution < -0.4 is 4.90 Å². The number of sulfone groups is 1. The van der Waals surface area contributed by atoms with Crippen LogP contribution in [-0.2, 0) is 14.6 Å². The molecule has 1 unspecified atom stereocenters. The van der Waals surface area contributed by atoms with Crippen molar-refractivity contribution >= 4 is 21.4 Å². The molecule has 1 aromatic heterocycles. The minimum atomic E-state index is -3.41. The fourth-order valence-electron chi connectivity index (χ4n) is 1.99. The molecule has 20 heavy (non-hydrogen) atoms. The molecular weight excluding hydrogens is 276 g/mol. The van der Waals surface area contributed by atoms with Gasteiger partial charge in [0.2, 0.25) is 5.91 Å². The molecule has 0 N–H and O–H groups in total. The summed E-state index contributed by atoms with van der Waals surface area (Å²) in [6.45, 7) is 6.95. The minimum Gasteiger partial charge on any atom is -0.307 e. The molecule has 1 rings (SSSR count). The van der Waals surface area contributed by atoms with Crippen molar-refractivity contribution in [2.75, 3.05) is 10.7 Å². The number of hydrogen-bond acceptors (Lipinski definition) is 4. The normalized spacial score (nSPS) is 13.2. The van der Waals surface area contributed by atoms with E-state index in [-0.39, 0.29) is 11.8 Å². The first-order valence-corrected chi connectivity index (χ1v) is 8.47. The molecule has 0 aliphatic rings. The van der Waals surface area contributed by atoms with Crippen LogP contribution in [0.4, 0.5) is 5.69 Å². The van der Waals surface area contributed by atoms with Crippen molar-refractivity contribution in [1.29, 1.82) is 0 Å². The number of amides is 1. The van der Waals surface area contributed by atoms with Crippen molar-refractivity contribution in [3.8, 4) is 0 Å². The Labute approximate surface area is 120 Å². The van der Waals surface area contributed by atoms with E-state index in [1.54, 1.807) is 31.5 Å². The number of nitrogens with zero attached hydrogens (tertiary/aromatic N) is 2. The van der Waals surface area contributed by atoms with Crippen LogP contribution in [0.3, 0.4) is 0 Å². The van der Waals surface area contributed by atoms with Gasteiger partial charge in [-0.2, -0.15) is 0 Å². The van der Waals surface area contributed by atoms with Crippen LogP contribution in [0.2, 0.25) is 0 Å². The predicted molar refractivity (Wildman–Crippen MR) is 80.4 cm³/mol. The van der Waals surface area contributed by atoms with Gasteiger partial charge in [0.25, 0.3) is 0 Å². The average molecular weight is 298 g/mol. The maximum Gasteiger partial charge on any atom is 0.245 e. The zero-order valence-electron chi connectivity index (χ0n) is 12.4. The van der Waals surface area contributed by atoms with Crippen molar-refractivity contribution in [2.24, 2.45) is 0 Å². The Morgan fingerprint density at radius 3 is 2.45 bits per heavy atom. The highest BCUT2D eigenvalue weighted by Crippen LogP contribution is 2.19. The van der Waals surface area contributed by atoms with Crippen LogP contribution in [0, 0.1) is 0 Å². The average Bonchev–Trinajstić information content (AvgIpc) is 2.38. The van der Waals surface area contributed by atoms with Gasteiger partial charge in [0.05, 0.1) is 17.6 Å². The number of anilines is 1. The Morgan fingerprint density at radius 1 is 1.35 bits per heavy atom. The first-order chi connectivity index (χ1) is 9.31. The molecule has 0 aliphatic heterocycles. The zero-order valence-corrected chi connectivity index (χ0v) is 13.2. The highest BCUT2D eigenvalue weighted by Gasteiger charge is 2.32. The van der Waals surface area contributed by atoms with E-state index in [9.17, 15) is 13.2 Å². The number of carbonyl (C=O) groups is 1. The van der Waals surface area contributed by atoms with E-state index in [0.717, 1.165) is 0 Å². The van der Waals surface area contributed by atoms with Crippen molar-refractivity contribution in [3.05, 3.63) is 24.5 Å². The zero-order chi connectivity index (χ0) is 15.3. The topological polar surface area (TPSA) is 67.3 Å². The van der Waals surface area contributed by atoms with Crippen LogP contribution in [0.5, 0.6) is 0 Å². The molecule has 5 nitrogen and oxygen atoms in total. The summed E-state index contributed by atoms with van der Waals surface area (Å²) in [6, 6.07) is 3.35. The summed E-state index contributed by atoms with van der Waals surface area (Å²) in [5.74, 6) is -0.375. The standard InChI is InChI=1S/C14H22N2O3S/c1-5-9-20(18,19)12(4)14(17)16(11(2)3)13-7-6-8-15-10-13/h6-8,10-12H,5,9H2,1-4H3. The van der Waals surface area contributed by atoms with Gasteiger partial charge in [0.15, 0.2) is 9.84 Å². The molecule has 0 spiro atoms. The number of rotatable bonds is 6. The second-order valence-corrected chi connectivity index (χ2v) is 7.46. The molecule has 1 aromatic rings. The Morgan fingerprint density at radius 2 is 2.00 bits per heavy atom.